The Labute approximate surface area is 163 Å². The summed E-state index contributed by atoms with van der Waals surface area (Å²) in [5.41, 5.74) is 0.718. The third-order valence-electron chi connectivity index (χ3n) is 3.61. The number of aromatic amines is 1. The van der Waals surface area contributed by atoms with Crippen LogP contribution in [0.1, 0.15) is 17.4 Å². The molecule has 0 amide bonds. The molecule has 5 nitrogen and oxygen atoms in total. The van der Waals surface area contributed by atoms with Crippen molar-refractivity contribution in [3.8, 4) is 0 Å². The first kappa shape index (κ1) is 18.2. The molecule has 3 aromatic rings. The second-order valence-corrected chi connectivity index (χ2v) is 8.52. The molecule has 1 heterocycles. The first-order valence-electron chi connectivity index (χ1n) is 7.34. The molecule has 3 rings (SSSR count). The fourth-order valence-electron chi connectivity index (χ4n) is 2.52. The number of aromatic nitrogens is 1. The molecule has 130 valence electrons. The van der Waals surface area contributed by atoms with Crippen LogP contribution in [0, 0.1) is 3.57 Å². The van der Waals surface area contributed by atoms with Gasteiger partial charge in [-0.2, -0.15) is 0 Å². The summed E-state index contributed by atoms with van der Waals surface area (Å²) in [6, 6.07) is 11.2. The summed E-state index contributed by atoms with van der Waals surface area (Å²) in [5, 5.41) is 0.490. The van der Waals surface area contributed by atoms with Gasteiger partial charge in [0.25, 0.3) is 0 Å². The number of nitrogens with one attached hydrogen (secondary N) is 1. The number of esters is 1. The summed E-state index contributed by atoms with van der Waals surface area (Å²) in [4.78, 5) is 15.2. The Bertz CT molecular complexity index is 1060. The van der Waals surface area contributed by atoms with Crippen molar-refractivity contribution in [1.29, 1.82) is 0 Å². The van der Waals surface area contributed by atoms with Gasteiger partial charge in [-0.25, -0.2) is 13.2 Å². The Morgan fingerprint density at radius 3 is 2.52 bits per heavy atom. The van der Waals surface area contributed by atoms with Crippen LogP contribution in [0.2, 0.25) is 5.02 Å². The van der Waals surface area contributed by atoms with Gasteiger partial charge in [-0.3, -0.25) is 0 Å². The highest BCUT2D eigenvalue weighted by Gasteiger charge is 2.28. The minimum Gasteiger partial charge on any atom is -0.461 e. The van der Waals surface area contributed by atoms with Crippen molar-refractivity contribution in [2.45, 2.75) is 16.7 Å². The molecule has 0 aliphatic heterocycles. The molecular weight excluding hydrogens is 477 g/mol. The first-order valence-corrected chi connectivity index (χ1v) is 10.3. The fraction of sp³-hybridized carbons (Fsp3) is 0.118. The predicted octanol–water partition coefficient (Wildman–Crippen LogP) is 4.44. The van der Waals surface area contributed by atoms with Crippen LogP contribution >= 0.6 is 34.2 Å². The number of hydrogen-bond acceptors (Lipinski definition) is 4. The number of fused-ring (bicyclic) bond motifs is 1. The van der Waals surface area contributed by atoms with Crippen molar-refractivity contribution >= 4 is 60.9 Å². The van der Waals surface area contributed by atoms with E-state index in [2.05, 4.69) is 4.98 Å². The molecular formula is C17H13ClINO4S. The zero-order valence-electron chi connectivity index (χ0n) is 13.0. The molecule has 2 aromatic carbocycles. The van der Waals surface area contributed by atoms with E-state index in [9.17, 15) is 13.2 Å². The fourth-order valence-corrected chi connectivity index (χ4v) is 5.64. The monoisotopic (exact) mass is 489 g/mol. The predicted molar refractivity (Wildman–Crippen MR) is 104 cm³/mol. The number of carbonyl (C=O) groups is 1. The van der Waals surface area contributed by atoms with Gasteiger partial charge < -0.3 is 9.72 Å². The highest BCUT2D eigenvalue weighted by molar-refractivity contribution is 14.1. The maximum absolute atomic E-state index is 13.1. The van der Waals surface area contributed by atoms with Gasteiger partial charge in [0.05, 0.1) is 20.1 Å². The van der Waals surface area contributed by atoms with Crippen molar-refractivity contribution < 1.29 is 17.9 Å². The van der Waals surface area contributed by atoms with Crippen molar-refractivity contribution in [3.63, 3.8) is 0 Å². The Morgan fingerprint density at radius 1 is 1.20 bits per heavy atom. The normalized spacial score (nSPS) is 11.6. The number of benzene rings is 2. The van der Waals surface area contributed by atoms with Crippen LogP contribution in [0.3, 0.4) is 0 Å². The Morgan fingerprint density at radius 2 is 1.88 bits per heavy atom. The second-order valence-electron chi connectivity index (χ2n) is 5.15. The minimum absolute atomic E-state index is 0.0194. The van der Waals surface area contributed by atoms with E-state index in [1.54, 1.807) is 31.2 Å². The highest BCUT2D eigenvalue weighted by Crippen LogP contribution is 2.38. The molecule has 0 aliphatic carbocycles. The van der Waals surface area contributed by atoms with E-state index in [0.29, 0.717) is 14.5 Å². The maximum atomic E-state index is 13.1. The zero-order valence-corrected chi connectivity index (χ0v) is 16.8. The molecule has 0 bridgehead atoms. The van der Waals surface area contributed by atoms with E-state index < -0.39 is 15.8 Å². The smallest absolute Gasteiger partial charge is 0.355 e. The number of carbonyl (C=O) groups excluding carboxylic acids is 1. The van der Waals surface area contributed by atoms with Crippen LogP contribution in [-0.4, -0.2) is 26.0 Å². The van der Waals surface area contributed by atoms with E-state index >= 15 is 0 Å². The van der Waals surface area contributed by atoms with Crippen LogP contribution in [-0.2, 0) is 14.6 Å². The Hall–Kier alpha value is -1.58. The van der Waals surface area contributed by atoms with E-state index in [1.807, 2.05) is 22.6 Å². The number of rotatable bonds is 4. The van der Waals surface area contributed by atoms with Gasteiger partial charge in [0.1, 0.15) is 10.6 Å². The van der Waals surface area contributed by atoms with Gasteiger partial charge in [-0.15, -0.1) is 0 Å². The summed E-state index contributed by atoms with van der Waals surface area (Å²) in [5.74, 6) is -0.540. The molecule has 0 saturated heterocycles. The molecule has 0 aliphatic rings. The Balaban J connectivity index is 2.32. The summed E-state index contributed by atoms with van der Waals surface area (Å²) in [7, 11) is -3.85. The molecule has 0 unspecified atom stereocenters. The van der Waals surface area contributed by atoms with Gasteiger partial charge in [0.2, 0.25) is 9.84 Å². The van der Waals surface area contributed by atoms with Crippen molar-refractivity contribution in [2.24, 2.45) is 0 Å². The van der Waals surface area contributed by atoms with Crippen LogP contribution in [0.25, 0.3) is 10.9 Å². The number of H-pyrrole nitrogens is 1. The van der Waals surface area contributed by atoms with E-state index in [-0.39, 0.29) is 27.1 Å². The summed E-state index contributed by atoms with van der Waals surface area (Å²) < 4.78 is 31.7. The number of halogens is 2. The molecule has 0 saturated carbocycles. The molecule has 0 radical (unpaired) electrons. The molecule has 0 atom stereocenters. The number of sulfone groups is 1. The lowest BCUT2D eigenvalue weighted by atomic mass is 10.2. The summed E-state index contributed by atoms with van der Waals surface area (Å²) in [6.07, 6.45) is 0. The van der Waals surface area contributed by atoms with Crippen LogP contribution in [0.4, 0.5) is 0 Å². The van der Waals surface area contributed by atoms with Gasteiger partial charge in [-0.05, 0) is 53.8 Å². The van der Waals surface area contributed by atoms with Crippen molar-refractivity contribution in [1.82, 2.24) is 4.98 Å². The van der Waals surface area contributed by atoms with E-state index in [0.717, 1.165) is 0 Å². The first-order chi connectivity index (χ1) is 11.9. The molecule has 25 heavy (non-hydrogen) atoms. The summed E-state index contributed by atoms with van der Waals surface area (Å²) in [6.45, 7) is 1.93. The highest BCUT2D eigenvalue weighted by atomic mass is 127. The maximum Gasteiger partial charge on any atom is 0.355 e. The third-order valence-corrected chi connectivity index (χ3v) is 6.97. The van der Waals surface area contributed by atoms with Gasteiger partial charge in [0.15, 0.2) is 0 Å². The van der Waals surface area contributed by atoms with Crippen LogP contribution in [0.15, 0.2) is 52.3 Å². The molecule has 8 heteroatoms. The van der Waals surface area contributed by atoms with Crippen LogP contribution < -0.4 is 0 Å². The average Bonchev–Trinajstić information content (AvgIpc) is 2.93. The minimum atomic E-state index is -3.85. The standard InChI is InChI=1S/C17H13ClINO4S/c1-2-24-17(21)15-14(19)13-12(20-15)9-8-11(18)16(13)25(22,23)10-6-4-3-5-7-10/h3-9,20H,2H2,1H3. The largest absolute Gasteiger partial charge is 0.461 e. The van der Waals surface area contributed by atoms with Gasteiger partial charge in [-0.1, -0.05) is 29.8 Å². The summed E-state index contributed by atoms with van der Waals surface area (Å²) >= 11 is 8.18. The average molecular weight is 490 g/mol. The lowest BCUT2D eigenvalue weighted by Gasteiger charge is -2.09. The molecule has 1 N–H and O–H groups in total. The number of ether oxygens (including phenoxy) is 1. The topological polar surface area (TPSA) is 76.2 Å². The van der Waals surface area contributed by atoms with Crippen LogP contribution in [0.5, 0.6) is 0 Å². The van der Waals surface area contributed by atoms with E-state index in [4.69, 9.17) is 16.3 Å². The molecule has 1 aromatic heterocycles. The van der Waals surface area contributed by atoms with Crippen molar-refractivity contribution in [2.75, 3.05) is 6.61 Å². The molecule has 0 fully saturated rings. The SMILES string of the molecule is CCOC(=O)c1[nH]c2ccc(Cl)c(S(=O)(=O)c3ccccc3)c2c1I. The Kier molecular flexibility index (Phi) is 5.08. The number of hydrogen-bond donors (Lipinski definition) is 1. The molecule has 0 spiro atoms. The lowest BCUT2D eigenvalue weighted by molar-refractivity contribution is 0.0519. The van der Waals surface area contributed by atoms with E-state index in [1.165, 1.54) is 18.2 Å². The third kappa shape index (κ3) is 3.16. The zero-order chi connectivity index (χ0) is 18.2. The second kappa shape index (κ2) is 6.97. The van der Waals surface area contributed by atoms with Crippen molar-refractivity contribution in [3.05, 3.63) is 56.8 Å². The van der Waals surface area contributed by atoms with Gasteiger partial charge in [0, 0.05) is 10.9 Å². The van der Waals surface area contributed by atoms with Gasteiger partial charge >= 0.3 is 5.97 Å². The lowest BCUT2D eigenvalue weighted by Crippen LogP contribution is -2.07. The quantitative estimate of drug-likeness (QED) is 0.434.